The maximum absolute atomic E-state index is 14.2. The van der Waals surface area contributed by atoms with Crippen molar-refractivity contribution < 1.29 is 33.5 Å². The molecule has 15 nitrogen and oxygen atoms in total. The Morgan fingerprint density at radius 3 is 2.15 bits per heavy atom. The predicted octanol–water partition coefficient (Wildman–Crippen LogP) is 1.14. The molecule has 0 aromatic heterocycles. The first-order chi connectivity index (χ1) is 25.7. The molecule has 0 spiro atoms. The van der Waals surface area contributed by atoms with Crippen LogP contribution in [-0.4, -0.2) is 109 Å². The average Bonchev–Trinajstić information content (AvgIpc) is 3.13. The number of nitrogens with two attached hydrogens (primary N) is 2. The van der Waals surface area contributed by atoms with Crippen LogP contribution in [0.25, 0.3) is 0 Å². The molecule has 306 valence electrons. The van der Waals surface area contributed by atoms with Gasteiger partial charge in [0, 0.05) is 38.1 Å². The van der Waals surface area contributed by atoms with E-state index in [1.54, 1.807) is 27.0 Å². The van der Waals surface area contributed by atoms with Gasteiger partial charge in [0.2, 0.25) is 35.4 Å². The van der Waals surface area contributed by atoms with E-state index in [-0.39, 0.29) is 49.4 Å². The highest BCUT2D eigenvalue weighted by Crippen LogP contribution is 2.28. The van der Waals surface area contributed by atoms with Crippen molar-refractivity contribution in [3.8, 4) is 0 Å². The Bertz CT molecular complexity index is 1310. The number of carbonyl (C=O) groups is 6. The van der Waals surface area contributed by atoms with Crippen molar-refractivity contribution in [2.75, 3.05) is 26.7 Å². The number of ether oxygens (including phenoxy) is 1. The zero-order valence-electron chi connectivity index (χ0n) is 33.4. The van der Waals surface area contributed by atoms with Crippen LogP contribution >= 0.6 is 0 Å². The van der Waals surface area contributed by atoms with Crippen molar-refractivity contribution in [3.63, 3.8) is 0 Å². The van der Waals surface area contributed by atoms with Gasteiger partial charge in [-0.15, -0.1) is 0 Å². The van der Waals surface area contributed by atoms with Crippen molar-refractivity contribution in [1.29, 1.82) is 0 Å². The quantitative estimate of drug-likeness (QED) is 0.118. The first-order valence-corrected chi connectivity index (χ1v) is 20.1. The van der Waals surface area contributed by atoms with E-state index in [1.165, 1.54) is 4.90 Å². The molecule has 9 N–H and O–H groups in total. The maximum atomic E-state index is 14.2. The van der Waals surface area contributed by atoms with Gasteiger partial charge < -0.3 is 47.7 Å². The Kier molecular flexibility index (Phi) is 18.4. The molecule has 15 heteroatoms. The largest absolute Gasteiger partial charge is 0.375 e. The van der Waals surface area contributed by atoms with Crippen molar-refractivity contribution >= 4 is 35.4 Å². The second-order valence-electron chi connectivity index (χ2n) is 16.0. The summed E-state index contributed by atoms with van der Waals surface area (Å²) in [6.45, 7) is 8.93. The first-order valence-electron chi connectivity index (χ1n) is 20.1. The summed E-state index contributed by atoms with van der Waals surface area (Å²) >= 11 is 0. The van der Waals surface area contributed by atoms with Crippen LogP contribution in [0, 0.1) is 17.8 Å². The normalized spacial score (nSPS) is 31.4. The van der Waals surface area contributed by atoms with Crippen molar-refractivity contribution in [2.24, 2.45) is 29.2 Å². The minimum Gasteiger partial charge on any atom is -0.375 e. The van der Waals surface area contributed by atoms with Gasteiger partial charge in [0.15, 0.2) is 0 Å². The summed E-state index contributed by atoms with van der Waals surface area (Å²) in [7, 11) is 1.59. The van der Waals surface area contributed by atoms with Crippen molar-refractivity contribution in [3.05, 3.63) is 11.6 Å². The van der Waals surface area contributed by atoms with Crippen LogP contribution in [0.15, 0.2) is 11.6 Å². The molecule has 7 atom stereocenters. The van der Waals surface area contributed by atoms with Crippen LogP contribution in [0.5, 0.6) is 0 Å². The van der Waals surface area contributed by atoms with Gasteiger partial charge in [-0.3, -0.25) is 28.8 Å². The molecule has 6 amide bonds. The Hall–Kier alpha value is -3.56. The summed E-state index contributed by atoms with van der Waals surface area (Å²) in [5, 5.41) is 14.0. The third kappa shape index (κ3) is 13.3. The van der Waals surface area contributed by atoms with Gasteiger partial charge in [-0.25, -0.2) is 0 Å². The summed E-state index contributed by atoms with van der Waals surface area (Å²) in [4.78, 5) is 84.0. The first kappa shape index (κ1) is 44.8. The van der Waals surface area contributed by atoms with Crippen LogP contribution in [0.2, 0.25) is 0 Å². The van der Waals surface area contributed by atoms with Crippen molar-refractivity contribution in [2.45, 2.75) is 154 Å². The molecular weight excluding hydrogens is 692 g/mol. The molecule has 0 radical (unpaired) electrons. The molecule has 1 saturated heterocycles. The Morgan fingerprint density at radius 1 is 0.889 bits per heavy atom. The molecule has 54 heavy (non-hydrogen) atoms. The summed E-state index contributed by atoms with van der Waals surface area (Å²) < 4.78 is 6.37. The molecule has 0 unspecified atom stereocenters. The third-order valence-corrected chi connectivity index (χ3v) is 11.0. The lowest BCUT2D eigenvalue weighted by Crippen LogP contribution is -2.62. The number of allylic oxidation sites excluding steroid dienone is 1. The number of nitrogens with one attached hydrogen (secondary N) is 5. The number of amides is 6. The molecule has 0 aromatic rings. The second-order valence-corrected chi connectivity index (χ2v) is 16.0. The Morgan fingerprint density at radius 2 is 1.54 bits per heavy atom. The second kappa shape index (κ2) is 22.1. The van der Waals surface area contributed by atoms with Gasteiger partial charge in [0.05, 0.1) is 18.6 Å². The fourth-order valence-electron chi connectivity index (χ4n) is 7.50. The van der Waals surface area contributed by atoms with Gasteiger partial charge in [0.1, 0.15) is 24.2 Å². The molecule has 0 aromatic carbocycles. The van der Waals surface area contributed by atoms with Gasteiger partial charge in [-0.2, -0.15) is 0 Å². The zero-order valence-corrected chi connectivity index (χ0v) is 33.4. The molecule has 2 aliphatic carbocycles. The fraction of sp³-hybridized carbons (Fsp3) is 0.795. The van der Waals surface area contributed by atoms with Crippen LogP contribution in [0.1, 0.15) is 112 Å². The van der Waals surface area contributed by atoms with E-state index in [4.69, 9.17) is 16.2 Å². The molecule has 1 heterocycles. The van der Waals surface area contributed by atoms with Crippen LogP contribution in [0.3, 0.4) is 0 Å². The van der Waals surface area contributed by atoms with Crippen molar-refractivity contribution in [1.82, 2.24) is 31.5 Å². The van der Waals surface area contributed by atoms with E-state index in [0.29, 0.717) is 32.1 Å². The Labute approximate surface area is 321 Å². The smallest absolute Gasteiger partial charge is 0.247 e. The summed E-state index contributed by atoms with van der Waals surface area (Å²) in [5.41, 5.74) is 12.7. The topological polar surface area (TPSA) is 227 Å². The molecule has 1 aliphatic heterocycles. The molecule has 2 saturated carbocycles. The number of rotatable bonds is 11. The molecule has 3 rings (SSSR count). The maximum Gasteiger partial charge on any atom is 0.247 e. The highest BCUT2D eigenvalue weighted by molar-refractivity contribution is 5.96. The summed E-state index contributed by atoms with van der Waals surface area (Å²) in [6, 6.07) is -5.05. The minimum absolute atomic E-state index is 0.0480. The molecule has 0 bridgehead atoms. The molecule has 3 fully saturated rings. The summed E-state index contributed by atoms with van der Waals surface area (Å²) in [5.74, 6) is -4.03. The Balaban J connectivity index is 2.00. The third-order valence-electron chi connectivity index (χ3n) is 11.0. The number of hydrogen-bond donors (Lipinski definition) is 7. The monoisotopic (exact) mass is 761 g/mol. The van der Waals surface area contributed by atoms with Crippen LogP contribution < -0.4 is 38.1 Å². The zero-order chi connectivity index (χ0) is 39.9. The molecule has 3 aliphatic rings. The van der Waals surface area contributed by atoms with Gasteiger partial charge in [-0.05, 0) is 58.8 Å². The molecular formula is C39H68N8O7. The number of unbranched alkanes of at least 4 members (excludes halogenated alkanes) is 3. The average molecular weight is 761 g/mol. The number of hydrogen-bond acceptors (Lipinski definition) is 9. The fourth-order valence-corrected chi connectivity index (χ4v) is 7.50. The van der Waals surface area contributed by atoms with Gasteiger partial charge in [-0.1, -0.05) is 70.4 Å². The van der Waals surface area contributed by atoms with E-state index in [1.807, 2.05) is 13.8 Å². The lowest BCUT2D eigenvalue weighted by molar-refractivity contribution is -0.145. The van der Waals surface area contributed by atoms with Crippen LogP contribution in [0.4, 0.5) is 0 Å². The lowest BCUT2D eigenvalue weighted by Gasteiger charge is -2.35. The van der Waals surface area contributed by atoms with Crippen LogP contribution in [-0.2, 0) is 33.5 Å². The number of nitrogens with zero attached hydrogens (tertiary/aromatic N) is 1. The minimum atomic E-state index is -1.24. The van der Waals surface area contributed by atoms with E-state index < -0.39 is 65.9 Å². The van der Waals surface area contributed by atoms with E-state index in [0.717, 1.165) is 50.5 Å². The van der Waals surface area contributed by atoms with Gasteiger partial charge >= 0.3 is 0 Å². The van der Waals surface area contributed by atoms with E-state index in [2.05, 4.69) is 33.5 Å². The standard InChI is InChI=1S/C39H68N8O7/c1-7-8-9-13-16-32-25(5)39(53)47(6)31(17-23(2)3)37(51)46-33(26-14-11-10-12-15-26)38(52)44-29(20-40)35(49)45-30(36(50)43-24(4)22-54-32)21-42-34(48)27-18-28(41)19-27/h17,24-33H,7-16,18-22,40-41H2,1-6H3,(H,42,48)(H,43,50)(H,44,52)(H,45,49)(H,46,51)/t24-,25-,27-,28+,29+,30+,31+,32-,33+/m1/s1. The highest BCUT2D eigenvalue weighted by atomic mass is 16.5. The van der Waals surface area contributed by atoms with Gasteiger partial charge in [0.25, 0.3) is 0 Å². The SMILES string of the molecule is CCCCCC[C@H]1OC[C@@H](C)NC(=O)[C@H](CNC(=O)[C@H]2C[C@@H](N)C2)NC(=O)[C@H](CN)NC(=O)[C@H](C2CCCCC2)NC(=O)[C@H](C=C(C)C)N(C)C(=O)[C@@H]1C. The summed E-state index contributed by atoms with van der Waals surface area (Å²) in [6.07, 6.45) is 10.9. The number of carbonyl (C=O) groups excluding carboxylic acids is 6. The highest BCUT2D eigenvalue weighted by Gasteiger charge is 2.39. The predicted molar refractivity (Wildman–Crippen MR) is 206 cm³/mol. The lowest BCUT2D eigenvalue weighted by atomic mass is 9.80. The van der Waals surface area contributed by atoms with E-state index >= 15 is 0 Å². The van der Waals surface area contributed by atoms with E-state index in [9.17, 15) is 28.8 Å². The number of likely N-dealkylation sites (N-methyl/N-ethyl adjacent to an activating group) is 1.